The summed E-state index contributed by atoms with van der Waals surface area (Å²) in [6.45, 7) is 0.195. The summed E-state index contributed by atoms with van der Waals surface area (Å²) in [6, 6.07) is -2.22. The van der Waals surface area contributed by atoms with E-state index in [-0.39, 0.29) is 48.3 Å². The van der Waals surface area contributed by atoms with Gasteiger partial charge in [-0.25, -0.2) is 4.79 Å². The molecule has 0 spiro atoms. The topological polar surface area (TPSA) is 125 Å². The van der Waals surface area contributed by atoms with Crippen molar-refractivity contribution >= 4 is 51.9 Å². The van der Waals surface area contributed by atoms with Crippen molar-refractivity contribution in [2.24, 2.45) is 0 Å². The van der Waals surface area contributed by atoms with E-state index in [1.165, 1.54) is 25.1 Å². The SMILES string of the molecule is CNC(=O)C1=C[C@@H](COC)N2C[C@@H]1N(OS(=O)(=O)O)C2=O.[Na]. The van der Waals surface area contributed by atoms with E-state index in [1.807, 2.05) is 0 Å². The van der Waals surface area contributed by atoms with Crippen LogP contribution >= 0.6 is 0 Å². The van der Waals surface area contributed by atoms with Crippen LogP contribution in [0, 0.1) is 0 Å². The molecular weight excluding hydrogens is 329 g/mol. The summed E-state index contributed by atoms with van der Waals surface area (Å²) in [7, 11) is -2.03. The van der Waals surface area contributed by atoms with Gasteiger partial charge in [0.1, 0.15) is 6.04 Å². The van der Waals surface area contributed by atoms with Crippen molar-refractivity contribution in [3.05, 3.63) is 11.6 Å². The van der Waals surface area contributed by atoms with E-state index in [2.05, 4.69) is 9.60 Å². The Balaban J connectivity index is 0.00000242. The van der Waals surface area contributed by atoms with Gasteiger partial charge in [0.25, 0.3) is 0 Å². The van der Waals surface area contributed by atoms with E-state index in [4.69, 9.17) is 9.29 Å². The first-order valence-electron chi connectivity index (χ1n) is 5.98. The largest absolute Gasteiger partial charge is 0.418 e. The number of hydroxylamine groups is 2. The maximum atomic E-state index is 12.1. The van der Waals surface area contributed by atoms with Crippen LogP contribution in [0.2, 0.25) is 0 Å². The number of hydrogen-bond acceptors (Lipinski definition) is 6. The molecule has 2 N–H and O–H groups in total. The average Bonchev–Trinajstić information content (AvgIpc) is 2.66. The summed E-state index contributed by atoms with van der Waals surface area (Å²) in [5.41, 5.74) is 0.172. The van der Waals surface area contributed by atoms with Crippen LogP contribution in [-0.4, -0.2) is 104 Å². The van der Waals surface area contributed by atoms with Gasteiger partial charge in [0.2, 0.25) is 5.91 Å². The number of nitrogens with one attached hydrogen (secondary N) is 1. The number of ether oxygens (including phenoxy) is 1. The van der Waals surface area contributed by atoms with Crippen molar-refractivity contribution in [1.82, 2.24) is 15.3 Å². The molecule has 1 saturated heterocycles. The van der Waals surface area contributed by atoms with E-state index in [9.17, 15) is 18.0 Å². The van der Waals surface area contributed by atoms with Crippen LogP contribution < -0.4 is 5.32 Å². The molecular formula is C10H15N3NaO7S. The maximum absolute atomic E-state index is 12.1. The summed E-state index contributed by atoms with van der Waals surface area (Å²) in [5, 5.41) is 2.88. The number of rotatable bonds is 5. The Hall–Kier alpha value is -0.690. The van der Waals surface area contributed by atoms with Gasteiger partial charge in [0.15, 0.2) is 0 Å². The summed E-state index contributed by atoms with van der Waals surface area (Å²) in [4.78, 5) is 25.3. The first-order chi connectivity index (χ1) is 9.78. The molecule has 3 amide bonds. The summed E-state index contributed by atoms with van der Waals surface area (Å²) < 4.78 is 39.7. The Labute approximate surface area is 149 Å². The zero-order valence-electron chi connectivity index (χ0n) is 12.3. The van der Waals surface area contributed by atoms with E-state index < -0.39 is 34.4 Å². The van der Waals surface area contributed by atoms with Crippen LogP contribution in [0.3, 0.4) is 0 Å². The number of amides is 3. The molecule has 12 heteroatoms. The third-order valence-electron chi connectivity index (χ3n) is 3.22. The minimum atomic E-state index is -4.88. The van der Waals surface area contributed by atoms with Crippen LogP contribution in [0.1, 0.15) is 0 Å². The Bertz CT molecular complexity index is 593. The Morgan fingerprint density at radius 1 is 1.55 bits per heavy atom. The van der Waals surface area contributed by atoms with Gasteiger partial charge in [-0.1, -0.05) is 0 Å². The maximum Gasteiger partial charge on any atom is 0.418 e. The van der Waals surface area contributed by atoms with Crippen molar-refractivity contribution < 1.29 is 31.6 Å². The summed E-state index contributed by atoms with van der Waals surface area (Å²) in [6.07, 6.45) is 1.52. The normalized spacial score (nSPS) is 24.0. The van der Waals surface area contributed by atoms with Gasteiger partial charge in [-0.3, -0.25) is 9.35 Å². The quantitative estimate of drug-likeness (QED) is 0.443. The zero-order valence-corrected chi connectivity index (χ0v) is 15.2. The fraction of sp³-hybridized carbons (Fsp3) is 0.600. The molecule has 2 rings (SSSR count). The molecule has 0 aromatic heterocycles. The molecule has 2 aliphatic heterocycles. The first-order valence-corrected chi connectivity index (χ1v) is 7.34. The second-order valence-corrected chi connectivity index (χ2v) is 5.51. The van der Waals surface area contributed by atoms with Crippen molar-refractivity contribution in [3.8, 4) is 0 Å². The summed E-state index contributed by atoms with van der Waals surface area (Å²) in [5.74, 6) is -0.473. The van der Waals surface area contributed by atoms with E-state index >= 15 is 0 Å². The molecule has 22 heavy (non-hydrogen) atoms. The molecule has 2 aliphatic rings. The molecule has 0 aliphatic carbocycles. The average molecular weight is 344 g/mol. The van der Waals surface area contributed by atoms with Gasteiger partial charge >= 0.3 is 16.4 Å². The number of carbonyl (C=O) groups excluding carboxylic acids is 2. The van der Waals surface area contributed by atoms with Crippen LogP contribution in [0.4, 0.5) is 4.79 Å². The minimum absolute atomic E-state index is 0. The van der Waals surface area contributed by atoms with Gasteiger partial charge in [-0.05, 0) is 6.08 Å². The van der Waals surface area contributed by atoms with Crippen LogP contribution in [0.15, 0.2) is 11.6 Å². The Kier molecular flexibility index (Phi) is 6.38. The third-order valence-corrected chi connectivity index (χ3v) is 3.57. The number of urea groups is 1. The fourth-order valence-corrected chi connectivity index (χ4v) is 2.74. The minimum Gasteiger partial charge on any atom is -0.382 e. The number of nitrogens with zero attached hydrogens (tertiary/aromatic N) is 2. The van der Waals surface area contributed by atoms with Gasteiger partial charge < -0.3 is 15.0 Å². The molecule has 0 unspecified atom stereocenters. The second kappa shape index (κ2) is 7.25. The van der Waals surface area contributed by atoms with Gasteiger partial charge in [-0.15, -0.1) is 4.28 Å². The van der Waals surface area contributed by atoms with Crippen molar-refractivity contribution in [2.45, 2.75) is 12.1 Å². The van der Waals surface area contributed by atoms with E-state index in [1.54, 1.807) is 0 Å². The van der Waals surface area contributed by atoms with Gasteiger partial charge in [0, 0.05) is 49.3 Å². The monoisotopic (exact) mass is 344 g/mol. The molecule has 0 aromatic rings. The zero-order chi connectivity index (χ0) is 15.8. The predicted octanol–water partition coefficient (Wildman–Crippen LogP) is -1.85. The Morgan fingerprint density at radius 2 is 2.18 bits per heavy atom. The summed E-state index contributed by atoms with van der Waals surface area (Å²) >= 11 is 0. The van der Waals surface area contributed by atoms with Crippen LogP contribution in [0.5, 0.6) is 0 Å². The fourth-order valence-electron chi connectivity index (χ4n) is 2.37. The standard InChI is InChI=1S/C10H15N3O7S.Na/c1-11-9(14)7-3-6(5-19-2)12-4-8(7)13(10(12)15)20-21(16,17)18;/h3,6,8H,4-5H2,1-2H3,(H,11,14)(H,16,17,18);/t6-,8-;/m0./s1. The van der Waals surface area contributed by atoms with Crippen molar-refractivity contribution in [3.63, 3.8) is 0 Å². The molecule has 0 saturated carbocycles. The van der Waals surface area contributed by atoms with Crippen molar-refractivity contribution in [1.29, 1.82) is 0 Å². The van der Waals surface area contributed by atoms with Gasteiger partial charge in [-0.2, -0.15) is 13.5 Å². The number of carbonyl (C=O) groups is 2. The van der Waals surface area contributed by atoms with Crippen LogP contribution in [0.25, 0.3) is 0 Å². The smallest absolute Gasteiger partial charge is 0.382 e. The molecule has 2 bridgehead atoms. The van der Waals surface area contributed by atoms with E-state index in [0.717, 1.165) is 0 Å². The number of methoxy groups -OCH3 is 1. The van der Waals surface area contributed by atoms with E-state index in [0.29, 0.717) is 5.06 Å². The molecule has 1 fully saturated rings. The number of hydrogen-bond donors (Lipinski definition) is 2. The first kappa shape index (κ1) is 19.4. The molecule has 2 atom stereocenters. The molecule has 1 radical (unpaired) electrons. The molecule has 2 heterocycles. The predicted molar refractivity (Wildman–Crippen MR) is 73.9 cm³/mol. The number of likely N-dealkylation sites (N-methyl/N-ethyl adjacent to an activating group) is 1. The molecule has 10 nitrogen and oxygen atoms in total. The molecule has 0 aromatic carbocycles. The second-order valence-electron chi connectivity index (χ2n) is 4.50. The molecule has 119 valence electrons. The van der Waals surface area contributed by atoms with Crippen molar-refractivity contribution in [2.75, 3.05) is 27.3 Å². The Morgan fingerprint density at radius 3 is 2.68 bits per heavy atom. The van der Waals surface area contributed by atoms with Gasteiger partial charge in [0.05, 0.1) is 19.2 Å². The van der Waals surface area contributed by atoms with Crippen LogP contribution in [-0.2, 0) is 24.2 Å². The number of fused-ring (bicyclic) bond motifs is 2. The third kappa shape index (κ3) is 3.79.